The van der Waals surface area contributed by atoms with E-state index in [1.54, 1.807) is 19.2 Å². The van der Waals surface area contributed by atoms with Gasteiger partial charge in [0.25, 0.3) is 5.91 Å². The first-order valence-electron chi connectivity index (χ1n) is 5.59. The minimum Gasteiger partial charge on any atom is -0.380 e. The van der Waals surface area contributed by atoms with E-state index in [9.17, 15) is 9.59 Å². The van der Waals surface area contributed by atoms with Crippen molar-refractivity contribution in [3.05, 3.63) is 24.0 Å². The number of nitrogens with zero attached hydrogens (tertiary/aromatic N) is 1. The molecule has 0 bridgehead atoms. The standard InChI is InChI=1S/C12H18N4O2/c1-12(2,7-10(13)17)16-8-4-5-15-9(6-8)11(18)14-3/h4-6H,7H2,1-3H3,(H2,13,17)(H,14,18)(H,15,16). The first-order chi connectivity index (χ1) is 8.34. The molecule has 0 saturated carbocycles. The molecule has 2 amide bonds. The summed E-state index contributed by atoms with van der Waals surface area (Å²) in [6, 6.07) is 3.36. The number of rotatable bonds is 5. The average molecular weight is 250 g/mol. The summed E-state index contributed by atoms with van der Waals surface area (Å²) < 4.78 is 0. The van der Waals surface area contributed by atoms with E-state index in [-0.39, 0.29) is 18.2 Å². The molecule has 0 aliphatic carbocycles. The Morgan fingerprint density at radius 1 is 1.44 bits per heavy atom. The predicted octanol–water partition coefficient (Wildman–Crippen LogP) is 0.507. The number of nitrogens with two attached hydrogens (primary N) is 1. The van der Waals surface area contributed by atoms with Gasteiger partial charge in [-0.15, -0.1) is 0 Å². The first-order valence-corrected chi connectivity index (χ1v) is 5.59. The Bertz CT molecular complexity index is 457. The van der Waals surface area contributed by atoms with E-state index in [1.807, 2.05) is 13.8 Å². The van der Waals surface area contributed by atoms with Crippen molar-refractivity contribution in [2.24, 2.45) is 5.73 Å². The highest BCUT2D eigenvalue weighted by Crippen LogP contribution is 2.18. The highest BCUT2D eigenvalue weighted by Gasteiger charge is 2.20. The second-order valence-corrected chi connectivity index (χ2v) is 4.66. The van der Waals surface area contributed by atoms with Gasteiger partial charge in [0.2, 0.25) is 5.91 Å². The number of hydrogen-bond acceptors (Lipinski definition) is 4. The third-order valence-corrected chi connectivity index (χ3v) is 2.32. The zero-order valence-electron chi connectivity index (χ0n) is 10.8. The summed E-state index contributed by atoms with van der Waals surface area (Å²) in [6.07, 6.45) is 1.73. The van der Waals surface area contributed by atoms with Crippen LogP contribution in [0.5, 0.6) is 0 Å². The second-order valence-electron chi connectivity index (χ2n) is 4.66. The van der Waals surface area contributed by atoms with Crippen molar-refractivity contribution in [2.45, 2.75) is 25.8 Å². The van der Waals surface area contributed by atoms with Crippen LogP contribution in [0.1, 0.15) is 30.8 Å². The molecule has 0 unspecified atom stereocenters. The summed E-state index contributed by atoms with van der Waals surface area (Å²) in [4.78, 5) is 26.3. The van der Waals surface area contributed by atoms with Crippen molar-refractivity contribution in [2.75, 3.05) is 12.4 Å². The van der Waals surface area contributed by atoms with E-state index < -0.39 is 5.54 Å². The van der Waals surface area contributed by atoms with Crippen molar-refractivity contribution in [1.82, 2.24) is 10.3 Å². The number of carbonyl (C=O) groups is 2. The number of nitrogens with one attached hydrogen (secondary N) is 2. The number of anilines is 1. The van der Waals surface area contributed by atoms with Crippen molar-refractivity contribution < 1.29 is 9.59 Å². The summed E-state index contributed by atoms with van der Waals surface area (Å²) >= 11 is 0. The lowest BCUT2D eigenvalue weighted by Gasteiger charge is -2.26. The van der Waals surface area contributed by atoms with Crippen LogP contribution in [0.4, 0.5) is 5.69 Å². The monoisotopic (exact) mass is 250 g/mol. The molecule has 4 N–H and O–H groups in total. The topological polar surface area (TPSA) is 97.1 Å². The quantitative estimate of drug-likeness (QED) is 0.709. The minimum atomic E-state index is -0.479. The zero-order chi connectivity index (χ0) is 13.8. The third-order valence-electron chi connectivity index (χ3n) is 2.32. The van der Waals surface area contributed by atoms with Gasteiger partial charge in [-0.2, -0.15) is 0 Å². The average Bonchev–Trinajstić information content (AvgIpc) is 2.25. The molecular formula is C12H18N4O2. The van der Waals surface area contributed by atoms with E-state index in [2.05, 4.69) is 15.6 Å². The van der Waals surface area contributed by atoms with Gasteiger partial charge in [-0.1, -0.05) is 0 Å². The minimum absolute atomic E-state index is 0.199. The molecular weight excluding hydrogens is 232 g/mol. The number of amides is 2. The molecule has 98 valence electrons. The molecule has 0 fully saturated rings. The van der Waals surface area contributed by atoms with Crippen LogP contribution in [-0.4, -0.2) is 29.4 Å². The van der Waals surface area contributed by atoms with Crippen molar-refractivity contribution in [3.63, 3.8) is 0 Å². The summed E-state index contributed by atoms with van der Waals surface area (Å²) in [5, 5.41) is 5.65. The normalized spacial score (nSPS) is 10.8. The van der Waals surface area contributed by atoms with Crippen LogP contribution >= 0.6 is 0 Å². The number of primary amides is 1. The fourth-order valence-corrected chi connectivity index (χ4v) is 1.63. The van der Waals surface area contributed by atoms with Crippen LogP contribution in [0.15, 0.2) is 18.3 Å². The first kappa shape index (κ1) is 14.0. The van der Waals surface area contributed by atoms with E-state index in [1.165, 1.54) is 6.20 Å². The summed E-state index contributed by atoms with van der Waals surface area (Å²) in [7, 11) is 1.54. The smallest absolute Gasteiger partial charge is 0.269 e. The Hall–Kier alpha value is -2.11. The van der Waals surface area contributed by atoms with E-state index >= 15 is 0 Å². The molecule has 0 aliphatic rings. The van der Waals surface area contributed by atoms with Gasteiger partial charge in [0.15, 0.2) is 0 Å². The van der Waals surface area contributed by atoms with Gasteiger partial charge < -0.3 is 16.4 Å². The lowest BCUT2D eigenvalue weighted by molar-refractivity contribution is -0.118. The summed E-state index contributed by atoms with van der Waals surface area (Å²) in [6.45, 7) is 3.72. The van der Waals surface area contributed by atoms with Gasteiger partial charge in [-0.3, -0.25) is 14.6 Å². The Morgan fingerprint density at radius 2 is 2.11 bits per heavy atom. The van der Waals surface area contributed by atoms with Gasteiger partial charge >= 0.3 is 0 Å². The highest BCUT2D eigenvalue weighted by molar-refractivity contribution is 5.92. The maximum absolute atomic E-state index is 11.4. The molecule has 1 aromatic rings. The van der Waals surface area contributed by atoms with E-state index in [0.29, 0.717) is 5.69 Å². The van der Waals surface area contributed by atoms with Crippen LogP contribution in [-0.2, 0) is 4.79 Å². The molecule has 0 radical (unpaired) electrons. The fourth-order valence-electron chi connectivity index (χ4n) is 1.63. The lowest BCUT2D eigenvalue weighted by Crippen LogP contribution is -2.36. The lowest BCUT2D eigenvalue weighted by atomic mass is 10.00. The van der Waals surface area contributed by atoms with E-state index in [0.717, 1.165) is 5.69 Å². The Morgan fingerprint density at radius 3 is 2.67 bits per heavy atom. The van der Waals surface area contributed by atoms with Crippen molar-refractivity contribution in [1.29, 1.82) is 0 Å². The molecule has 0 atom stereocenters. The molecule has 0 spiro atoms. The van der Waals surface area contributed by atoms with Gasteiger partial charge in [0, 0.05) is 30.9 Å². The Kier molecular flexibility index (Phi) is 4.25. The van der Waals surface area contributed by atoms with Crippen LogP contribution in [0.25, 0.3) is 0 Å². The third kappa shape index (κ3) is 4.04. The largest absolute Gasteiger partial charge is 0.380 e. The molecule has 1 aromatic heterocycles. The molecule has 1 rings (SSSR count). The SMILES string of the molecule is CNC(=O)c1cc(NC(C)(C)CC(N)=O)ccn1. The van der Waals surface area contributed by atoms with Crippen LogP contribution < -0.4 is 16.4 Å². The maximum Gasteiger partial charge on any atom is 0.269 e. The zero-order valence-corrected chi connectivity index (χ0v) is 10.8. The van der Waals surface area contributed by atoms with Gasteiger partial charge in [-0.05, 0) is 26.0 Å². The number of hydrogen-bond donors (Lipinski definition) is 3. The van der Waals surface area contributed by atoms with Crippen LogP contribution in [0, 0.1) is 0 Å². The van der Waals surface area contributed by atoms with E-state index in [4.69, 9.17) is 5.73 Å². The van der Waals surface area contributed by atoms with Gasteiger partial charge in [-0.25, -0.2) is 0 Å². The Labute approximate surface area is 106 Å². The molecule has 18 heavy (non-hydrogen) atoms. The van der Waals surface area contributed by atoms with Gasteiger partial charge in [0.1, 0.15) is 5.69 Å². The molecule has 0 aromatic carbocycles. The summed E-state index contributed by atoms with van der Waals surface area (Å²) in [5.74, 6) is -0.639. The number of pyridine rings is 1. The number of carbonyl (C=O) groups excluding carboxylic acids is 2. The maximum atomic E-state index is 11.4. The van der Waals surface area contributed by atoms with Crippen molar-refractivity contribution in [3.8, 4) is 0 Å². The van der Waals surface area contributed by atoms with Gasteiger partial charge in [0.05, 0.1) is 0 Å². The fraction of sp³-hybridized carbons (Fsp3) is 0.417. The van der Waals surface area contributed by atoms with Crippen molar-refractivity contribution >= 4 is 17.5 Å². The van der Waals surface area contributed by atoms with Crippen LogP contribution in [0.2, 0.25) is 0 Å². The molecule has 6 heteroatoms. The highest BCUT2D eigenvalue weighted by atomic mass is 16.2. The van der Waals surface area contributed by atoms with Crippen LogP contribution in [0.3, 0.4) is 0 Å². The molecule has 1 heterocycles. The molecule has 6 nitrogen and oxygen atoms in total. The molecule has 0 aliphatic heterocycles. The molecule has 0 saturated heterocycles. The second kappa shape index (κ2) is 5.48. The predicted molar refractivity (Wildman–Crippen MR) is 69.1 cm³/mol. The summed E-state index contributed by atoms with van der Waals surface area (Å²) in [5.41, 5.74) is 5.73. The number of aromatic nitrogens is 1. The Balaban J connectivity index is 2.85.